The van der Waals surface area contributed by atoms with E-state index in [1.165, 1.54) is 29.3 Å². The summed E-state index contributed by atoms with van der Waals surface area (Å²) in [6, 6.07) is 19.2. The van der Waals surface area contributed by atoms with Gasteiger partial charge in [-0.25, -0.2) is 0 Å². The van der Waals surface area contributed by atoms with Gasteiger partial charge >= 0.3 is 6.92 Å². The van der Waals surface area contributed by atoms with Gasteiger partial charge in [0, 0.05) is 13.2 Å². The topological polar surface area (TPSA) is 21.3 Å². The van der Waals surface area contributed by atoms with Crippen molar-refractivity contribution in [2.45, 2.75) is 33.1 Å². The second-order valence-electron chi connectivity index (χ2n) is 5.86. The Bertz CT molecular complexity index is 559. The van der Waals surface area contributed by atoms with Crippen molar-refractivity contribution >= 4 is 17.8 Å². The molecule has 0 bridgehead atoms. The van der Waals surface area contributed by atoms with Crippen LogP contribution >= 0.6 is 0 Å². The lowest BCUT2D eigenvalue weighted by atomic mass is 9.55. The van der Waals surface area contributed by atoms with Crippen LogP contribution in [-0.4, -0.2) is 26.6 Å². The predicted molar refractivity (Wildman–Crippen MR) is 101 cm³/mol. The largest absolute Gasteiger partial charge is 0.426 e. The van der Waals surface area contributed by atoms with E-state index in [0.717, 1.165) is 26.1 Å². The molecule has 0 amide bonds. The molecule has 0 aliphatic carbocycles. The number of benzene rings is 2. The van der Waals surface area contributed by atoms with Crippen LogP contribution in [-0.2, 0) is 11.1 Å². The van der Waals surface area contributed by atoms with Crippen molar-refractivity contribution in [3.05, 3.63) is 60.2 Å². The third-order valence-corrected chi connectivity index (χ3v) is 4.03. The van der Waals surface area contributed by atoms with Crippen LogP contribution in [0.5, 0.6) is 0 Å². The van der Waals surface area contributed by atoms with Gasteiger partial charge in [-0.2, -0.15) is 0 Å². The fourth-order valence-electron chi connectivity index (χ4n) is 2.66. The van der Waals surface area contributed by atoms with E-state index in [0.29, 0.717) is 0 Å². The molecule has 0 saturated heterocycles. The van der Waals surface area contributed by atoms with Crippen LogP contribution in [0.15, 0.2) is 54.6 Å². The molecule has 0 unspecified atom stereocenters. The van der Waals surface area contributed by atoms with Gasteiger partial charge in [0.15, 0.2) is 0 Å². The van der Waals surface area contributed by atoms with Crippen molar-refractivity contribution in [1.82, 2.24) is 5.32 Å². The van der Waals surface area contributed by atoms with Gasteiger partial charge < -0.3 is 9.97 Å². The van der Waals surface area contributed by atoms with Crippen molar-refractivity contribution < 1.29 is 4.65 Å². The molecule has 0 aromatic heterocycles. The first-order chi connectivity index (χ1) is 11.3. The lowest BCUT2D eigenvalue weighted by Crippen LogP contribution is -2.46. The Morgan fingerprint density at radius 1 is 0.913 bits per heavy atom. The monoisotopic (exact) mass is 309 g/mol. The molecule has 0 aliphatic heterocycles. The van der Waals surface area contributed by atoms with Gasteiger partial charge in [0.1, 0.15) is 0 Å². The summed E-state index contributed by atoms with van der Waals surface area (Å²) in [6.07, 6.45) is 3.50. The van der Waals surface area contributed by atoms with E-state index in [1.807, 2.05) is 0 Å². The SMILES string of the molecule is CCCCNCCOB(c1ccccc1)c1cccc(CC)c1. The molecule has 23 heavy (non-hydrogen) atoms. The zero-order chi connectivity index (χ0) is 16.3. The molecule has 2 aromatic carbocycles. The lowest BCUT2D eigenvalue weighted by molar-refractivity contribution is 0.328. The molecule has 0 fully saturated rings. The predicted octanol–water partition coefficient (Wildman–Crippen LogP) is 2.76. The highest BCUT2D eigenvalue weighted by Crippen LogP contribution is 2.01. The molecule has 3 heteroatoms. The zero-order valence-corrected chi connectivity index (χ0v) is 14.4. The Balaban J connectivity index is 2.03. The van der Waals surface area contributed by atoms with E-state index < -0.39 is 0 Å². The van der Waals surface area contributed by atoms with Crippen LogP contribution < -0.4 is 16.2 Å². The Kier molecular flexibility index (Phi) is 7.92. The summed E-state index contributed by atoms with van der Waals surface area (Å²) >= 11 is 0. The highest BCUT2D eigenvalue weighted by atomic mass is 16.4. The smallest absolute Gasteiger partial charge is 0.361 e. The fraction of sp³-hybridized carbons (Fsp3) is 0.400. The maximum absolute atomic E-state index is 6.23. The number of unbranched alkanes of at least 4 members (excludes halogenated alkanes) is 1. The summed E-state index contributed by atoms with van der Waals surface area (Å²) in [5, 5.41) is 3.44. The first-order valence-corrected chi connectivity index (χ1v) is 8.81. The second kappa shape index (κ2) is 10.2. The summed E-state index contributed by atoms with van der Waals surface area (Å²) < 4.78 is 6.23. The Hall–Kier alpha value is -1.58. The van der Waals surface area contributed by atoms with E-state index >= 15 is 0 Å². The van der Waals surface area contributed by atoms with Gasteiger partial charge in [-0.1, -0.05) is 74.9 Å². The summed E-state index contributed by atoms with van der Waals surface area (Å²) in [6.45, 7) is 7.10. The second-order valence-corrected chi connectivity index (χ2v) is 5.86. The standard InChI is InChI=1S/C20H28BNO/c1-3-5-14-22-15-16-23-21(19-11-7-6-8-12-19)20-13-9-10-18(4-2)17-20/h6-13,17,22H,3-5,14-16H2,1-2H3. The number of nitrogens with one attached hydrogen (secondary N) is 1. The van der Waals surface area contributed by atoms with Crippen LogP contribution in [0.4, 0.5) is 0 Å². The molecule has 0 saturated carbocycles. The van der Waals surface area contributed by atoms with Gasteiger partial charge in [0.05, 0.1) is 0 Å². The maximum atomic E-state index is 6.23. The van der Waals surface area contributed by atoms with E-state index in [-0.39, 0.29) is 6.92 Å². The van der Waals surface area contributed by atoms with E-state index in [4.69, 9.17) is 4.65 Å². The summed E-state index contributed by atoms with van der Waals surface area (Å²) in [7, 11) is 0. The minimum Gasteiger partial charge on any atom is -0.426 e. The average molecular weight is 309 g/mol. The molecule has 0 spiro atoms. The third kappa shape index (κ3) is 5.85. The first-order valence-electron chi connectivity index (χ1n) is 8.81. The van der Waals surface area contributed by atoms with Crippen molar-refractivity contribution in [3.8, 4) is 0 Å². The molecular formula is C20H28BNO. The molecule has 2 nitrogen and oxygen atoms in total. The molecule has 0 radical (unpaired) electrons. The molecule has 122 valence electrons. The highest BCUT2D eigenvalue weighted by molar-refractivity contribution is 6.80. The zero-order valence-electron chi connectivity index (χ0n) is 14.4. The van der Waals surface area contributed by atoms with E-state index in [2.05, 4.69) is 73.8 Å². The highest BCUT2D eigenvalue weighted by Gasteiger charge is 2.21. The van der Waals surface area contributed by atoms with Crippen LogP contribution in [0.2, 0.25) is 0 Å². The van der Waals surface area contributed by atoms with Gasteiger partial charge in [0.25, 0.3) is 0 Å². The van der Waals surface area contributed by atoms with Crippen LogP contribution in [0.1, 0.15) is 32.3 Å². The molecule has 2 rings (SSSR count). The molecular weight excluding hydrogens is 281 g/mol. The first kappa shape index (κ1) is 17.8. The fourth-order valence-corrected chi connectivity index (χ4v) is 2.66. The molecule has 1 N–H and O–H groups in total. The number of hydrogen-bond donors (Lipinski definition) is 1. The van der Waals surface area contributed by atoms with Gasteiger partial charge in [0.2, 0.25) is 0 Å². The minimum atomic E-state index is 0.00988. The Morgan fingerprint density at radius 2 is 1.70 bits per heavy atom. The van der Waals surface area contributed by atoms with Crippen LogP contribution in [0.25, 0.3) is 0 Å². The molecule has 0 atom stereocenters. The summed E-state index contributed by atoms with van der Waals surface area (Å²) in [4.78, 5) is 0. The molecule has 2 aromatic rings. The van der Waals surface area contributed by atoms with Gasteiger partial charge in [-0.05, 0) is 35.9 Å². The van der Waals surface area contributed by atoms with Crippen molar-refractivity contribution in [2.24, 2.45) is 0 Å². The van der Waals surface area contributed by atoms with Crippen molar-refractivity contribution in [3.63, 3.8) is 0 Å². The van der Waals surface area contributed by atoms with Crippen LogP contribution in [0, 0.1) is 0 Å². The average Bonchev–Trinajstić information content (AvgIpc) is 2.62. The third-order valence-electron chi connectivity index (χ3n) is 4.03. The quantitative estimate of drug-likeness (QED) is 0.538. The molecule has 0 heterocycles. The van der Waals surface area contributed by atoms with Gasteiger partial charge in [-0.3, -0.25) is 0 Å². The van der Waals surface area contributed by atoms with Crippen molar-refractivity contribution in [1.29, 1.82) is 0 Å². The van der Waals surface area contributed by atoms with Gasteiger partial charge in [-0.15, -0.1) is 0 Å². The summed E-state index contributed by atoms with van der Waals surface area (Å²) in [5.41, 5.74) is 3.81. The number of aryl methyl sites for hydroxylation is 1. The minimum absolute atomic E-state index is 0.00988. The number of rotatable bonds is 10. The molecule has 0 aliphatic rings. The number of hydrogen-bond acceptors (Lipinski definition) is 2. The normalized spacial score (nSPS) is 10.7. The summed E-state index contributed by atoms with van der Waals surface area (Å²) in [5.74, 6) is 0. The lowest BCUT2D eigenvalue weighted by Gasteiger charge is -2.16. The van der Waals surface area contributed by atoms with E-state index in [9.17, 15) is 0 Å². The van der Waals surface area contributed by atoms with Crippen LogP contribution in [0.3, 0.4) is 0 Å². The van der Waals surface area contributed by atoms with Crippen molar-refractivity contribution in [2.75, 3.05) is 19.7 Å². The van der Waals surface area contributed by atoms with E-state index in [1.54, 1.807) is 0 Å². The Labute approximate surface area is 141 Å². The Morgan fingerprint density at radius 3 is 2.43 bits per heavy atom. The maximum Gasteiger partial charge on any atom is 0.361 e.